The maximum absolute atomic E-state index is 5.20. The van der Waals surface area contributed by atoms with Crippen LogP contribution >= 0.6 is 0 Å². The van der Waals surface area contributed by atoms with Crippen molar-refractivity contribution in [1.29, 1.82) is 0 Å². The van der Waals surface area contributed by atoms with E-state index >= 15 is 0 Å². The van der Waals surface area contributed by atoms with Crippen molar-refractivity contribution in [3.8, 4) is 0 Å². The van der Waals surface area contributed by atoms with Gasteiger partial charge in [-0.1, -0.05) is 30.8 Å². The zero-order valence-corrected chi connectivity index (χ0v) is 15.2. The summed E-state index contributed by atoms with van der Waals surface area (Å²) in [7, 11) is 1.65. The van der Waals surface area contributed by atoms with Crippen molar-refractivity contribution in [1.82, 2.24) is 14.9 Å². The molecule has 0 atom stereocenters. The quantitative estimate of drug-likeness (QED) is 0.704. The molecule has 134 valence electrons. The number of benzene rings is 1. The molecule has 0 radical (unpaired) electrons. The SMILES string of the molecule is C=C(OC)c1ccc(Cn2ccc3c(C4CCNCC4)ccnc32)cc1. The zero-order chi connectivity index (χ0) is 17.9. The van der Waals surface area contributed by atoms with E-state index in [9.17, 15) is 0 Å². The molecule has 3 heterocycles. The van der Waals surface area contributed by atoms with E-state index in [1.165, 1.54) is 29.4 Å². The average molecular weight is 347 g/mol. The van der Waals surface area contributed by atoms with Gasteiger partial charge in [0.05, 0.1) is 7.11 Å². The van der Waals surface area contributed by atoms with Crippen molar-refractivity contribution in [2.75, 3.05) is 20.2 Å². The third-order valence-corrected chi connectivity index (χ3v) is 5.35. The number of hydrogen-bond donors (Lipinski definition) is 1. The molecule has 0 amide bonds. The van der Waals surface area contributed by atoms with Crippen LogP contribution in [0.3, 0.4) is 0 Å². The number of piperidine rings is 1. The molecule has 0 bridgehead atoms. The Morgan fingerprint density at radius 2 is 1.96 bits per heavy atom. The third-order valence-electron chi connectivity index (χ3n) is 5.35. The Labute approximate surface area is 154 Å². The lowest BCUT2D eigenvalue weighted by molar-refractivity contribution is 0.371. The largest absolute Gasteiger partial charge is 0.497 e. The van der Waals surface area contributed by atoms with Gasteiger partial charge in [0.1, 0.15) is 11.4 Å². The smallest absolute Gasteiger partial charge is 0.140 e. The summed E-state index contributed by atoms with van der Waals surface area (Å²) in [5.41, 5.74) is 4.78. The number of ether oxygens (including phenoxy) is 1. The van der Waals surface area contributed by atoms with Crippen molar-refractivity contribution < 1.29 is 4.74 Å². The molecule has 1 fully saturated rings. The average Bonchev–Trinajstić information content (AvgIpc) is 3.11. The van der Waals surface area contributed by atoms with Gasteiger partial charge < -0.3 is 14.6 Å². The Hall–Kier alpha value is -2.59. The molecule has 0 unspecified atom stereocenters. The third kappa shape index (κ3) is 3.25. The van der Waals surface area contributed by atoms with E-state index in [1.54, 1.807) is 7.11 Å². The highest BCUT2D eigenvalue weighted by molar-refractivity contribution is 5.80. The summed E-state index contributed by atoms with van der Waals surface area (Å²) in [4.78, 5) is 4.67. The van der Waals surface area contributed by atoms with Gasteiger partial charge in [-0.2, -0.15) is 0 Å². The predicted molar refractivity (Wildman–Crippen MR) is 106 cm³/mol. The number of rotatable bonds is 5. The lowest BCUT2D eigenvalue weighted by atomic mass is 9.89. The first kappa shape index (κ1) is 16.9. The molecular formula is C22H25N3O. The standard InChI is InChI=1S/C22H25N3O/c1-16(26-2)18-5-3-17(4-6-18)15-25-14-10-21-20(9-13-24-22(21)25)19-7-11-23-12-8-19/h3-6,9-10,13-14,19,23H,1,7-8,11-12,15H2,2H3. The van der Waals surface area contributed by atoms with Crippen molar-refractivity contribution in [2.24, 2.45) is 0 Å². The van der Waals surface area contributed by atoms with Gasteiger partial charge in [-0.15, -0.1) is 0 Å². The van der Waals surface area contributed by atoms with Gasteiger partial charge in [-0.05, 0) is 55.1 Å². The maximum atomic E-state index is 5.20. The summed E-state index contributed by atoms with van der Waals surface area (Å²) >= 11 is 0. The van der Waals surface area contributed by atoms with E-state index < -0.39 is 0 Å². The molecule has 1 N–H and O–H groups in total. The summed E-state index contributed by atoms with van der Waals surface area (Å²) in [5, 5.41) is 4.75. The molecule has 0 aliphatic carbocycles. The van der Waals surface area contributed by atoms with E-state index in [-0.39, 0.29) is 0 Å². The van der Waals surface area contributed by atoms with Crippen molar-refractivity contribution in [3.63, 3.8) is 0 Å². The molecule has 1 aromatic carbocycles. The number of fused-ring (bicyclic) bond motifs is 1. The van der Waals surface area contributed by atoms with Gasteiger partial charge in [0.2, 0.25) is 0 Å². The summed E-state index contributed by atoms with van der Waals surface area (Å²) in [6.45, 7) is 6.92. The highest BCUT2D eigenvalue weighted by atomic mass is 16.5. The van der Waals surface area contributed by atoms with E-state index in [0.717, 1.165) is 30.8 Å². The molecule has 3 aromatic rings. The van der Waals surface area contributed by atoms with Crippen molar-refractivity contribution >= 4 is 16.8 Å². The second kappa shape index (κ2) is 7.34. The van der Waals surface area contributed by atoms with Gasteiger partial charge in [0.25, 0.3) is 0 Å². The topological polar surface area (TPSA) is 39.1 Å². The molecule has 0 saturated carbocycles. The minimum Gasteiger partial charge on any atom is -0.497 e. The number of nitrogens with zero attached hydrogens (tertiary/aromatic N) is 2. The molecule has 0 spiro atoms. The highest BCUT2D eigenvalue weighted by Gasteiger charge is 2.18. The van der Waals surface area contributed by atoms with Gasteiger partial charge in [-0.3, -0.25) is 0 Å². The number of nitrogens with one attached hydrogen (secondary N) is 1. The minimum absolute atomic E-state index is 0.636. The Morgan fingerprint density at radius 1 is 1.19 bits per heavy atom. The normalized spacial score (nSPS) is 15.3. The van der Waals surface area contributed by atoms with Crippen LogP contribution in [0, 0.1) is 0 Å². The van der Waals surface area contributed by atoms with Gasteiger partial charge in [0, 0.05) is 29.9 Å². The molecule has 4 rings (SSSR count). The van der Waals surface area contributed by atoms with Crippen molar-refractivity contribution in [2.45, 2.75) is 25.3 Å². The molecule has 1 saturated heterocycles. The van der Waals surface area contributed by atoms with E-state index in [4.69, 9.17) is 4.74 Å². The summed E-state index contributed by atoms with van der Waals surface area (Å²) < 4.78 is 7.43. The van der Waals surface area contributed by atoms with Crippen LogP contribution in [0.25, 0.3) is 16.8 Å². The first-order valence-corrected chi connectivity index (χ1v) is 9.23. The molecule has 4 heteroatoms. The summed E-state index contributed by atoms with van der Waals surface area (Å²) in [6, 6.07) is 12.8. The first-order chi connectivity index (χ1) is 12.8. The van der Waals surface area contributed by atoms with Gasteiger partial charge >= 0.3 is 0 Å². The lowest BCUT2D eigenvalue weighted by Crippen LogP contribution is -2.26. The van der Waals surface area contributed by atoms with Crippen LogP contribution < -0.4 is 5.32 Å². The van der Waals surface area contributed by atoms with Crippen molar-refractivity contribution in [3.05, 3.63) is 72.1 Å². The molecule has 1 aliphatic rings. The number of aromatic nitrogens is 2. The Kier molecular flexibility index (Phi) is 4.76. The number of methoxy groups -OCH3 is 1. The van der Waals surface area contributed by atoms with Crippen LogP contribution in [0.1, 0.15) is 35.4 Å². The Bertz CT molecular complexity index is 905. The second-order valence-electron chi connectivity index (χ2n) is 6.93. The monoisotopic (exact) mass is 347 g/mol. The molecule has 4 nitrogen and oxygen atoms in total. The Morgan fingerprint density at radius 3 is 2.69 bits per heavy atom. The fourth-order valence-corrected chi connectivity index (χ4v) is 3.84. The van der Waals surface area contributed by atoms with Gasteiger partial charge in [0.15, 0.2) is 0 Å². The van der Waals surface area contributed by atoms with Crippen LogP contribution in [0.2, 0.25) is 0 Å². The predicted octanol–water partition coefficient (Wildman–Crippen LogP) is 4.17. The molecular weight excluding hydrogens is 322 g/mol. The van der Waals surface area contributed by atoms with Crippen LogP contribution in [-0.4, -0.2) is 29.8 Å². The first-order valence-electron chi connectivity index (χ1n) is 9.23. The Balaban J connectivity index is 1.60. The molecule has 1 aliphatic heterocycles. The summed E-state index contributed by atoms with van der Waals surface area (Å²) in [6.07, 6.45) is 6.52. The van der Waals surface area contributed by atoms with Crippen LogP contribution in [0.15, 0.2) is 55.4 Å². The fourth-order valence-electron chi connectivity index (χ4n) is 3.84. The molecule has 26 heavy (non-hydrogen) atoms. The maximum Gasteiger partial charge on any atom is 0.140 e. The summed E-state index contributed by atoms with van der Waals surface area (Å²) in [5.74, 6) is 1.33. The minimum atomic E-state index is 0.636. The lowest BCUT2D eigenvalue weighted by Gasteiger charge is -2.23. The fraction of sp³-hybridized carbons (Fsp3) is 0.318. The highest BCUT2D eigenvalue weighted by Crippen LogP contribution is 2.31. The van der Waals surface area contributed by atoms with Crippen LogP contribution in [0.5, 0.6) is 0 Å². The zero-order valence-electron chi connectivity index (χ0n) is 15.2. The number of pyridine rings is 1. The van der Waals surface area contributed by atoms with Gasteiger partial charge in [-0.25, -0.2) is 4.98 Å². The number of hydrogen-bond acceptors (Lipinski definition) is 3. The van der Waals surface area contributed by atoms with E-state index in [0.29, 0.717) is 11.7 Å². The van der Waals surface area contributed by atoms with E-state index in [1.807, 2.05) is 6.20 Å². The van der Waals surface area contributed by atoms with Crippen LogP contribution in [-0.2, 0) is 11.3 Å². The molecule has 2 aromatic heterocycles. The van der Waals surface area contributed by atoms with Crippen LogP contribution in [0.4, 0.5) is 0 Å². The van der Waals surface area contributed by atoms with E-state index in [2.05, 4.69) is 64.0 Å². The second-order valence-corrected chi connectivity index (χ2v) is 6.93.